The maximum atomic E-state index is 15.3. The zero-order chi connectivity index (χ0) is 27.7. The number of carbonyl (C=O) groups excluding carboxylic acids is 2. The Morgan fingerprint density at radius 2 is 1.79 bits per heavy atom. The predicted octanol–water partition coefficient (Wildman–Crippen LogP) is 4.42. The van der Waals surface area contributed by atoms with Crippen molar-refractivity contribution in [2.24, 2.45) is 16.7 Å². The van der Waals surface area contributed by atoms with Gasteiger partial charge in [0.2, 0.25) is 11.8 Å². The maximum absolute atomic E-state index is 15.3. The minimum Gasteiger partial charge on any atom is -0.419 e. The van der Waals surface area contributed by atoms with Gasteiger partial charge in [-0.05, 0) is 24.0 Å². The van der Waals surface area contributed by atoms with Crippen LogP contribution in [0.15, 0.2) is 41.2 Å². The molecule has 0 bridgehead atoms. The molecule has 39 heavy (non-hydrogen) atoms. The van der Waals surface area contributed by atoms with Crippen LogP contribution in [0.1, 0.15) is 54.0 Å². The minimum atomic E-state index is -3.63. The molecule has 3 aliphatic rings. The third-order valence-corrected chi connectivity index (χ3v) is 8.88. The van der Waals surface area contributed by atoms with E-state index in [-0.39, 0.29) is 57.9 Å². The van der Waals surface area contributed by atoms with Gasteiger partial charge in [0.25, 0.3) is 11.8 Å². The molecule has 2 amide bonds. The molecule has 2 atom stereocenters. The van der Waals surface area contributed by atoms with E-state index in [0.29, 0.717) is 13.1 Å². The van der Waals surface area contributed by atoms with Gasteiger partial charge in [-0.3, -0.25) is 14.6 Å². The lowest BCUT2D eigenvalue weighted by molar-refractivity contribution is -0.146. The third kappa shape index (κ3) is 4.35. The van der Waals surface area contributed by atoms with Gasteiger partial charge in [-0.1, -0.05) is 43.1 Å². The van der Waals surface area contributed by atoms with Crippen molar-refractivity contribution in [1.29, 1.82) is 0 Å². The van der Waals surface area contributed by atoms with E-state index in [2.05, 4.69) is 34.0 Å². The average Bonchev–Trinajstić information content (AvgIpc) is 3.24. The first kappa shape index (κ1) is 26.1. The minimum absolute atomic E-state index is 0.0157. The zero-order valence-corrected chi connectivity index (χ0v) is 22.6. The summed E-state index contributed by atoms with van der Waals surface area (Å²) in [6.45, 7) is 5.25. The molecule has 2 saturated heterocycles. The standard InChI is InChI=1S/C26H24Cl2F2N6O3/c1-24(2)8-15(24)21(37)36-12-25(13-36)11-35(22(38)19-9-31-5-6-32-19)10-16(25)20-33-34-23(39-20)26(29,30)14-3-4-17(27)18(28)7-14/h3-7,9,15-16H,8,10-13H2,1-2H3/t15-,16?/m1/s1. The van der Waals surface area contributed by atoms with Crippen LogP contribution in [-0.2, 0) is 10.7 Å². The molecule has 13 heteroatoms. The highest BCUT2D eigenvalue weighted by atomic mass is 35.5. The van der Waals surface area contributed by atoms with Gasteiger partial charge >= 0.3 is 5.92 Å². The Balaban J connectivity index is 1.28. The summed E-state index contributed by atoms with van der Waals surface area (Å²) in [5, 5.41) is 7.78. The first-order valence-electron chi connectivity index (χ1n) is 12.4. The number of rotatable bonds is 5. The Labute approximate surface area is 232 Å². The van der Waals surface area contributed by atoms with E-state index >= 15 is 8.78 Å². The number of carbonyl (C=O) groups is 2. The Morgan fingerprint density at radius 3 is 2.44 bits per heavy atom. The van der Waals surface area contributed by atoms with E-state index in [9.17, 15) is 9.59 Å². The Morgan fingerprint density at radius 1 is 1.08 bits per heavy atom. The number of benzene rings is 1. The van der Waals surface area contributed by atoms with Crippen molar-refractivity contribution >= 4 is 35.0 Å². The van der Waals surface area contributed by atoms with Gasteiger partial charge in [-0.25, -0.2) is 4.98 Å². The monoisotopic (exact) mass is 576 g/mol. The summed E-state index contributed by atoms with van der Waals surface area (Å²) in [6, 6.07) is 3.47. The van der Waals surface area contributed by atoms with Gasteiger partial charge in [-0.2, -0.15) is 8.78 Å². The molecular formula is C26H24Cl2F2N6O3. The topological polar surface area (TPSA) is 105 Å². The average molecular weight is 577 g/mol. The smallest absolute Gasteiger partial charge is 0.349 e. The van der Waals surface area contributed by atoms with Gasteiger partial charge in [-0.15, -0.1) is 10.2 Å². The Kier molecular flexibility index (Phi) is 5.96. The van der Waals surface area contributed by atoms with Gasteiger partial charge in [0.05, 0.1) is 22.2 Å². The van der Waals surface area contributed by atoms with E-state index in [4.69, 9.17) is 27.6 Å². The van der Waals surface area contributed by atoms with Crippen LogP contribution in [0.3, 0.4) is 0 Å². The van der Waals surface area contributed by atoms with Crippen LogP contribution in [-0.4, -0.2) is 68.0 Å². The number of hydrogen-bond donors (Lipinski definition) is 0. The fourth-order valence-electron chi connectivity index (χ4n) is 5.65. The zero-order valence-electron chi connectivity index (χ0n) is 21.1. The molecule has 3 fully saturated rings. The summed E-state index contributed by atoms with van der Waals surface area (Å²) in [4.78, 5) is 37.6. The fourth-order valence-corrected chi connectivity index (χ4v) is 5.95. The highest BCUT2D eigenvalue weighted by molar-refractivity contribution is 6.42. The number of halogens is 4. The molecule has 1 spiro atoms. The normalized spacial score (nSPS) is 23.1. The summed E-state index contributed by atoms with van der Waals surface area (Å²) in [5.74, 6) is -5.40. The van der Waals surface area contributed by atoms with Crippen molar-refractivity contribution in [3.63, 3.8) is 0 Å². The van der Waals surface area contributed by atoms with E-state index in [1.54, 1.807) is 9.80 Å². The van der Waals surface area contributed by atoms with Crippen molar-refractivity contribution in [2.75, 3.05) is 26.2 Å². The molecule has 1 aliphatic carbocycles. The van der Waals surface area contributed by atoms with E-state index in [1.165, 1.54) is 24.7 Å². The molecule has 9 nitrogen and oxygen atoms in total. The lowest BCUT2D eigenvalue weighted by Gasteiger charge is -2.50. The highest BCUT2D eigenvalue weighted by Crippen LogP contribution is 2.56. The number of aromatic nitrogens is 4. The Hall–Kier alpha value is -3.18. The molecule has 6 rings (SSSR count). The second-order valence-corrected chi connectivity index (χ2v) is 12.1. The first-order chi connectivity index (χ1) is 18.4. The molecule has 204 valence electrons. The van der Waals surface area contributed by atoms with Crippen LogP contribution in [0.5, 0.6) is 0 Å². The molecule has 3 aromatic rings. The lowest BCUT2D eigenvalue weighted by Crippen LogP contribution is -2.62. The predicted molar refractivity (Wildman–Crippen MR) is 135 cm³/mol. The quantitative estimate of drug-likeness (QED) is 0.442. The van der Waals surface area contributed by atoms with Crippen LogP contribution in [0.2, 0.25) is 10.0 Å². The molecule has 1 aromatic carbocycles. The summed E-state index contributed by atoms with van der Waals surface area (Å²) in [6.07, 6.45) is 5.09. The number of likely N-dealkylation sites (tertiary alicyclic amines) is 2. The van der Waals surface area contributed by atoms with E-state index < -0.39 is 28.7 Å². The largest absolute Gasteiger partial charge is 0.419 e. The molecule has 1 saturated carbocycles. The van der Waals surface area contributed by atoms with Crippen LogP contribution in [0.4, 0.5) is 8.78 Å². The molecule has 0 radical (unpaired) electrons. The maximum Gasteiger partial charge on any atom is 0.349 e. The SMILES string of the molecule is CC1(C)C[C@@H]1C(=O)N1CC2(CN(C(=O)c3cnccn3)CC2c2nnc(C(F)(F)c3ccc(Cl)c(Cl)c3)o2)C1. The number of alkyl halides is 2. The van der Waals surface area contributed by atoms with Crippen molar-refractivity contribution in [1.82, 2.24) is 30.0 Å². The van der Waals surface area contributed by atoms with Crippen LogP contribution in [0.25, 0.3) is 0 Å². The van der Waals surface area contributed by atoms with E-state index in [1.807, 2.05) is 0 Å². The number of nitrogens with zero attached hydrogens (tertiary/aromatic N) is 6. The number of amides is 2. The molecule has 1 unspecified atom stereocenters. The second kappa shape index (κ2) is 8.92. The van der Waals surface area contributed by atoms with E-state index in [0.717, 1.165) is 18.6 Å². The van der Waals surface area contributed by atoms with Crippen molar-refractivity contribution in [2.45, 2.75) is 32.1 Å². The molecule has 2 aromatic heterocycles. The summed E-state index contributed by atoms with van der Waals surface area (Å²) in [5.41, 5.74) is -0.923. The summed E-state index contributed by atoms with van der Waals surface area (Å²) >= 11 is 11.8. The molecule has 0 N–H and O–H groups in total. The lowest BCUT2D eigenvalue weighted by atomic mass is 9.71. The number of hydrogen-bond acceptors (Lipinski definition) is 7. The first-order valence-corrected chi connectivity index (χ1v) is 13.2. The Bertz CT molecular complexity index is 1460. The van der Waals surface area contributed by atoms with Crippen molar-refractivity contribution in [3.8, 4) is 0 Å². The summed E-state index contributed by atoms with van der Waals surface area (Å²) < 4.78 is 36.2. The van der Waals surface area contributed by atoms with Crippen molar-refractivity contribution in [3.05, 3.63) is 69.9 Å². The van der Waals surface area contributed by atoms with Crippen LogP contribution >= 0.6 is 23.2 Å². The van der Waals surface area contributed by atoms with Gasteiger partial charge < -0.3 is 14.2 Å². The van der Waals surface area contributed by atoms with Crippen molar-refractivity contribution < 1.29 is 22.8 Å². The van der Waals surface area contributed by atoms with Gasteiger partial charge in [0.1, 0.15) is 5.69 Å². The molecule has 2 aliphatic heterocycles. The highest BCUT2D eigenvalue weighted by Gasteiger charge is 2.62. The van der Waals surface area contributed by atoms with Crippen LogP contribution < -0.4 is 0 Å². The third-order valence-electron chi connectivity index (χ3n) is 8.14. The fraction of sp³-hybridized carbons (Fsp3) is 0.462. The molecular weight excluding hydrogens is 553 g/mol. The van der Waals surface area contributed by atoms with Crippen LogP contribution in [0, 0.1) is 16.7 Å². The summed E-state index contributed by atoms with van der Waals surface area (Å²) in [7, 11) is 0. The van der Waals surface area contributed by atoms with Gasteiger partial charge in [0, 0.05) is 55.5 Å². The van der Waals surface area contributed by atoms with Gasteiger partial charge in [0.15, 0.2) is 0 Å². The molecule has 4 heterocycles. The second-order valence-electron chi connectivity index (χ2n) is 11.3.